The van der Waals surface area contributed by atoms with E-state index in [0.717, 1.165) is 25.9 Å². The molecule has 0 fully saturated rings. The van der Waals surface area contributed by atoms with Crippen LogP contribution in [0.15, 0.2) is 24.8 Å². The highest BCUT2D eigenvalue weighted by Gasteiger charge is 2.25. The van der Waals surface area contributed by atoms with Crippen LogP contribution in [0.25, 0.3) is 0 Å². The molecule has 1 aliphatic rings. The lowest BCUT2D eigenvalue weighted by molar-refractivity contribution is -0.120. The van der Waals surface area contributed by atoms with Gasteiger partial charge in [0.2, 0.25) is 5.91 Å². The summed E-state index contributed by atoms with van der Waals surface area (Å²) in [6, 6.07) is 1.85. The van der Waals surface area contributed by atoms with Gasteiger partial charge in [-0.1, -0.05) is 0 Å². The van der Waals surface area contributed by atoms with E-state index in [-0.39, 0.29) is 11.8 Å². The number of carbonyl (C=O) groups excluding carboxylic acids is 1. The number of nitrogens with zero attached hydrogens (tertiary/aromatic N) is 5. The molecule has 0 saturated carbocycles. The van der Waals surface area contributed by atoms with Crippen LogP contribution in [-0.2, 0) is 24.3 Å². The summed E-state index contributed by atoms with van der Waals surface area (Å²) < 4.78 is 3.91. The molecule has 0 saturated heterocycles. The summed E-state index contributed by atoms with van der Waals surface area (Å²) in [7, 11) is 4.05. The fourth-order valence-corrected chi connectivity index (χ4v) is 2.67. The van der Waals surface area contributed by atoms with Gasteiger partial charge in [0, 0.05) is 37.2 Å². The molecule has 0 bridgehead atoms. The zero-order valence-corrected chi connectivity index (χ0v) is 13.1. The third-order valence-corrected chi connectivity index (χ3v) is 4.00. The summed E-state index contributed by atoms with van der Waals surface area (Å²) in [5, 5.41) is 7.31. The van der Waals surface area contributed by atoms with Crippen LogP contribution in [0.1, 0.15) is 12.1 Å². The Bertz CT molecular complexity index is 644. The largest absolute Gasteiger partial charge is 0.334 e. The Labute approximate surface area is 129 Å². The molecule has 1 amide bonds. The molecule has 0 radical (unpaired) electrons. The van der Waals surface area contributed by atoms with Crippen LogP contribution < -0.4 is 5.32 Å². The highest BCUT2D eigenvalue weighted by Crippen LogP contribution is 2.20. The van der Waals surface area contributed by atoms with Crippen LogP contribution in [0.2, 0.25) is 0 Å². The molecule has 1 atom stereocenters. The normalized spacial score (nSPS) is 17.5. The van der Waals surface area contributed by atoms with E-state index in [1.807, 2.05) is 37.2 Å². The van der Waals surface area contributed by atoms with Gasteiger partial charge in [-0.3, -0.25) is 9.48 Å². The van der Waals surface area contributed by atoms with Gasteiger partial charge in [0.05, 0.1) is 18.8 Å². The summed E-state index contributed by atoms with van der Waals surface area (Å²) in [6.07, 6.45) is 7.33. The van der Waals surface area contributed by atoms with E-state index in [0.29, 0.717) is 12.4 Å². The van der Waals surface area contributed by atoms with Crippen LogP contribution in [0.5, 0.6) is 0 Å². The Morgan fingerprint density at radius 1 is 1.50 bits per heavy atom. The number of rotatable bonds is 5. The fraction of sp³-hybridized carbons (Fsp3) is 0.533. The Hall–Kier alpha value is -2.15. The minimum Gasteiger partial charge on any atom is -0.334 e. The van der Waals surface area contributed by atoms with Crippen molar-refractivity contribution in [2.24, 2.45) is 5.92 Å². The molecule has 2 aromatic heterocycles. The molecule has 1 N–H and O–H groups in total. The number of carbonyl (C=O) groups is 1. The van der Waals surface area contributed by atoms with Crippen molar-refractivity contribution in [1.29, 1.82) is 0 Å². The highest BCUT2D eigenvalue weighted by atomic mass is 16.2. The number of nitrogens with one attached hydrogen (secondary N) is 1. The molecule has 3 heterocycles. The van der Waals surface area contributed by atoms with Crippen molar-refractivity contribution in [2.75, 3.05) is 26.0 Å². The Balaban J connectivity index is 1.56. The van der Waals surface area contributed by atoms with Crippen molar-refractivity contribution in [1.82, 2.24) is 24.2 Å². The quantitative estimate of drug-likeness (QED) is 0.889. The van der Waals surface area contributed by atoms with Gasteiger partial charge < -0.3 is 14.8 Å². The van der Waals surface area contributed by atoms with Crippen molar-refractivity contribution in [3.63, 3.8) is 0 Å². The zero-order valence-electron chi connectivity index (χ0n) is 13.1. The predicted octanol–water partition coefficient (Wildman–Crippen LogP) is 0.842. The van der Waals surface area contributed by atoms with E-state index in [1.54, 1.807) is 6.33 Å². The van der Waals surface area contributed by atoms with Crippen LogP contribution in [-0.4, -0.2) is 50.8 Å². The minimum atomic E-state index is -0.0198. The molecule has 1 unspecified atom stereocenters. The molecular weight excluding hydrogens is 280 g/mol. The SMILES string of the molecule is CN(C)CCn1ccc(NC(=O)C2CCc3cncn3C2)n1. The summed E-state index contributed by atoms with van der Waals surface area (Å²) in [4.78, 5) is 18.6. The van der Waals surface area contributed by atoms with E-state index in [1.165, 1.54) is 5.69 Å². The lowest BCUT2D eigenvalue weighted by Gasteiger charge is -2.22. The second-order valence-electron chi connectivity index (χ2n) is 6.03. The first kappa shape index (κ1) is 14.8. The van der Waals surface area contributed by atoms with E-state index in [9.17, 15) is 4.79 Å². The first-order valence-corrected chi connectivity index (χ1v) is 7.60. The molecular formula is C15H22N6O. The predicted molar refractivity (Wildman–Crippen MR) is 83.4 cm³/mol. The van der Waals surface area contributed by atoms with E-state index in [2.05, 4.69) is 24.9 Å². The van der Waals surface area contributed by atoms with Crippen LogP contribution >= 0.6 is 0 Å². The Morgan fingerprint density at radius 3 is 3.18 bits per heavy atom. The van der Waals surface area contributed by atoms with Crippen molar-refractivity contribution in [3.8, 4) is 0 Å². The molecule has 2 aromatic rings. The highest BCUT2D eigenvalue weighted by molar-refractivity contribution is 5.91. The van der Waals surface area contributed by atoms with E-state index < -0.39 is 0 Å². The van der Waals surface area contributed by atoms with Gasteiger partial charge in [-0.05, 0) is 26.9 Å². The zero-order chi connectivity index (χ0) is 15.5. The Kier molecular flexibility index (Phi) is 4.24. The minimum absolute atomic E-state index is 0.0198. The third kappa shape index (κ3) is 3.36. The summed E-state index contributed by atoms with van der Waals surface area (Å²) in [5.74, 6) is 0.644. The van der Waals surface area contributed by atoms with E-state index >= 15 is 0 Å². The molecule has 7 heteroatoms. The number of amides is 1. The second-order valence-corrected chi connectivity index (χ2v) is 6.03. The van der Waals surface area contributed by atoms with Gasteiger partial charge in [-0.25, -0.2) is 4.98 Å². The average molecular weight is 302 g/mol. The average Bonchev–Trinajstić information content (AvgIpc) is 3.12. The summed E-state index contributed by atoms with van der Waals surface area (Å²) in [5.41, 5.74) is 1.21. The fourth-order valence-electron chi connectivity index (χ4n) is 2.67. The van der Waals surface area contributed by atoms with Crippen molar-refractivity contribution in [3.05, 3.63) is 30.5 Å². The number of hydrogen-bond donors (Lipinski definition) is 1. The number of likely N-dealkylation sites (N-methyl/N-ethyl adjacent to an activating group) is 1. The maximum absolute atomic E-state index is 12.4. The van der Waals surface area contributed by atoms with Gasteiger partial charge in [0.1, 0.15) is 0 Å². The lowest BCUT2D eigenvalue weighted by atomic mass is 9.97. The number of aromatic nitrogens is 4. The van der Waals surface area contributed by atoms with Crippen molar-refractivity contribution >= 4 is 11.7 Å². The second kappa shape index (κ2) is 6.31. The molecule has 0 aliphatic carbocycles. The number of aryl methyl sites for hydroxylation is 1. The van der Waals surface area contributed by atoms with Crippen LogP contribution in [0.4, 0.5) is 5.82 Å². The van der Waals surface area contributed by atoms with Crippen molar-refractivity contribution in [2.45, 2.75) is 25.9 Å². The summed E-state index contributed by atoms with van der Waals surface area (Å²) in [6.45, 7) is 2.42. The van der Waals surface area contributed by atoms with Gasteiger partial charge in [0.15, 0.2) is 5.82 Å². The maximum Gasteiger partial charge on any atom is 0.230 e. The number of imidazole rings is 1. The van der Waals surface area contributed by atoms with E-state index in [4.69, 9.17) is 0 Å². The first-order valence-electron chi connectivity index (χ1n) is 7.60. The lowest BCUT2D eigenvalue weighted by Crippen LogP contribution is -2.31. The Morgan fingerprint density at radius 2 is 2.36 bits per heavy atom. The van der Waals surface area contributed by atoms with Crippen LogP contribution in [0.3, 0.4) is 0 Å². The standard InChI is InChI=1S/C15H22N6O/c1-19(2)7-8-21-6-5-14(18-21)17-15(22)12-3-4-13-9-16-11-20(13)10-12/h5-6,9,11-12H,3-4,7-8,10H2,1-2H3,(H,17,18,22). The van der Waals surface area contributed by atoms with Gasteiger partial charge in [-0.2, -0.15) is 5.10 Å². The maximum atomic E-state index is 12.4. The summed E-state index contributed by atoms with van der Waals surface area (Å²) >= 11 is 0. The third-order valence-electron chi connectivity index (χ3n) is 4.00. The molecule has 7 nitrogen and oxygen atoms in total. The smallest absolute Gasteiger partial charge is 0.230 e. The number of anilines is 1. The van der Waals surface area contributed by atoms with Gasteiger partial charge >= 0.3 is 0 Å². The van der Waals surface area contributed by atoms with Gasteiger partial charge in [-0.15, -0.1) is 0 Å². The monoisotopic (exact) mass is 302 g/mol. The molecule has 0 aromatic carbocycles. The molecule has 3 rings (SSSR count). The topological polar surface area (TPSA) is 68.0 Å². The van der Waals surface area contributed by atoms with Gasteiger partial charge in [0.25, 0.3) is 0 Å². The van der Waals surface area contributed by atoms with Crippen LogP contribution in [0, 0.1) is 5.92 Å². The molecule has 1 aliphatic heterocycles. The molecule has 0 spiro atoms. The molecule has 22 heavy (non-hydrogen) atoms. The molecule has 118 valence electrons. The number of fused-ring (bicyclic) bond motifs is 1. The number of hydrogen-bond acceptors (Lipinski definition) is 4. The first-order chi connectivity index (χ1) is 10.6. The van der Waals surface area contributed by atoms with Crippen molar-refractivity contribution < 1.29 is 4.79 Å².